The number of anilines is 1. The Morgan fingerprint density at radius 1 is 1.41 bits per heavy atom. The van der Waals surface area contributed by atoms with E-state index in [1.807, 2.05) is 0 Å². The third-order valence-electron chi connectivity index (χ3n) is 2.47. The molecule has 1 aromatic carbocycles. The number of aromatic nitrogens is 2. The van der Waals surface area contributed by atoms with E-state index in [9.17, 15) is 4.39 Å². The molecule has 2 rings (SSSR count). The Kier molecular flexibility index (Phi) is 3.41. The number of aromatic amines is 1. The molecule has 0 aliphatic heterocycles. The van der Waals surface area contributed by atoms with E-state index < -0.39 is 6.04 Å². The summed E-state index contributed by atoms with van der Waals surface area (Å²) in [6.07, 6.45) is 1.51. The number of hydrazine groups is 1. The number of H-pyrrole nitrogens is 1. The first kappa shape index (κ1) is 12.0. The van der Waals surface area contributed by atoms with Crippen molar-refractivity contribution in [2.75, 3.05) is 5.73 Å². The van der Waals surface area contributed by atoms with Gasteiger partial charge in [-0.2, -0.15) is 5.10 Å². The highest BCUT2D eigenvalue weighted by Gasteiger charge is 2.21. The van der Waals surface area contributed by atoms with Crippen LogP contribution in [0.4, 0.5) is 10.2 Å². The van der Waals surface area contributed by atoms with Crippen molar-refractivity contribution in [1.82, 2.24) is 15.6 Å². The van der Waals surface area contributed by atoms with Crippen molar-refractivity contribution in [2.24, 2.45) is 5.84 Å². The Morgan fingerprint density at radius 2 is 2.18 bits per heavy atom. The zero-order valence-electron chi connectivity index (χ0n) is 8.74. The molecule has 90 valence electrons. The number of hydrogen-bond donors (Lipinski definition) is 4. The number of nitrogens with two attached hydrogens (primary N) is 2. The molecule has 1 aromatic heterocycles. The standard InChI is InChI=1S/C10H11BrFN5/c11-7-3-1-2-5(8(7)12)9(16-14)6-4-15-17-10(6)13/h1-4,9,16H,14H2,(H3,13,15,17). The van der Waals surface area contributed by atoms with Gasteiger partial charge in [-0.15, -0.1) is 0 Å². The van der Waals surface area contributed by atoms with E-state index in [4.69, 9.17) is 11.6 Å². The van der Waals surface area contributed by atoms with Gasteiger partial charge in [-0.3, -0.25) is 10.9 Å². The van der Waals surface area contributed by atoms with Crippen LogP contribution in [0.2, 0.25) is 0 Å². The number of benzene rings is 1. The smallest absolute Gasteiger partial charge is 0.142 e. The SMILES string of the molecule is NNC(c1cn[nH]c1N)c1cccc(Br)c1F. The van der Waals surface area contributed by atoms with Crippen molar-refractivity contribution in [3.63, 3.8) is 0 Å². The molecule has 0 fully saturated rings. The molecule has 0 saturated heterocycles. The molecule has 1 heterocycles. The van der Waals surface area contributed by atoms with Crippen LogP contribution >= 0.6 is 15.9 Å². The van der Waals surface area contributed by atoms with Gasteiger partial charge in [0.05, 0.1) is 16.7 Å². The van der Waals surface area contributed by atoms with E-state index in [0.717, 1.165) is 0 Å². The first-order valence-electron chi connectivity index (χ1n) is 4.84. The second kappa shape index (κ2) is 4.82. The monoisotopic (exact) mass is 299 g/mol. The number of nitrogens with zero attached hydrogens (tertiary/aromatic N) is 1. The number of nitrogen functional groups attached to an aromatic ring is 1. The van der Waals surface area contributed by atoms with Gasteiger partial charge < -0.3 is 5.73 Å². The van der Waals surface area contributed by atoms with Gasteiger partial charge >= 0.3 is 0 Å². The molecular weight excluding hydrogens is 289 g/mol. The zero-order valence-corrected chi connectivity index (χ0v) is 10.3. The summed E-state index contributed by atoms with van der Waals surface area (Å²) < 4.78 is 14.3. The normalized spacial score (nSPS) is 12.6. The molecule has 5 nitrogen and oxygen atoms in total. The van der Waals surface area contributed by atoms with Crippen molar-refractivity contribution in [3.05, 3.63) is 45.8 Å². The van der Waals surface area contributed by atoms with Crippen molar-refractivity contribution in [1.29, 1.82) is 0 Å². The predicted octanol–water partition coefficient (Wildman–Crippen LogP) is 1.45. The Labute approximate surface area is 105 Å². The molecule has 0 saturated carbocycles. The minimum atomic E-state index is -0.550. The van der Waals surface area contributed by atoms with Gasteiger partial charge in [0.1, 0.15) is 11.6 Å². The highest BCUT2D eigenvalue weighted by molar-refractivity contribution is 9.10. The lowest BCUT2D eigenvalue weighted by Crippen LogP contribution is -2.29. The van der Waals surface area contributed by atoms with Crippen LogP contribution in [0.1, 0.15) is 17.2 Å². The summed E-state index contributed by atoms with van der Waals surface area (Å²) in [5.74, 6) is 5.43. The Hall–Kier alpha value is -1.44. The van der Waals surface area contributed by atoms with Crippen LogP contribution in [0.25, 0.3) is 0 Å². The molecule has 7 heteroatoms. The lowest BCUT2D eigenvalue weighted by Gasteiger charge is -2.16. The van der Waals surface area contributed by atoms with E-state index >= 15 is 0 Å². The largest absolute Gasteiger partial charge is 0.384 e. The summed E-state index contributed by atoms with van der Waals surface area (Å²) in [6, 6.07) is 4.43. The third-order valence-corrected chi connectivity index (χ3v) is 3.08. The highest BCUT2D eigenvalue weighted by Crippen LogP contribution is 2.29. The van der Waals surface area contributed by atoms with Gasteiger partial charge in [-0.1, -0.05) is 12.1 Å². The Balaban J connectivity index is 2.50. The van der Waals surface area contributed by atoms with Crippen LogP contribution in [0.3, 0.4) is 0 Å². The van der Waals surface area contributed by atoms with Crippen molar-refractivity contribution in [2.45, 2.75) is 6.04 Å². The van der Waals surface area contributed by atoms with Crippen molar-refractivity contribution in [3.8, 4) is 0 Å². The molecule has 0 spiro atoms. The molecule has 0 aliphatic carbocycles. The number of halogens is 2. The van der Waals surface area contributed by atoms with Gasteiger partial charge in [0.2, 0.25) is 0 Å². The van der Waals surface area contributed by atoms with Crippen LogP contribution in [0, 0.1) is 5.82 Å². The molecule has 2 aromatic rings. The molecule has 0 amide bonds. The minimum absolute atomic E-state index is 0.354. The maximum Gasteiger partial charge on any atom is 0.142 e. The molecule has 6 N–H and O–H groups in total. The second-order valence-corrected chi connectivity index (χ2v) is 4.34. The van der Waals surface area contributed by atoms with Crippen LogP contribution in [0.15, 0.2) is 28.9 Å². The lowest BCUT2D eigenvalue weighted by atomic mass is 10.0. The summed E-state index contributed by atoms with van der Waals surface area (Å²) >= 11 is 3.13. The Bertz CT molecular complexity index is 527. The molecule has 1 atom stereocenters. The predicted molar refractivity (Wildman–Crippen MR) is 66.3 cm³/mol. The summed E-state index contributed by atoms with van der Waals surface area (Å²) in [5, 5.41) is 6.37. The van der Waals surface area contributed by atoms with Gasteiger partial charge in [0.15, 0.2) is 0 Å². The second-order valence-electron chi connectivity index (χ2n) is 3.48. The summed E-state index contributed by atoms with van der Waals surface area (Å²) in [7, 11) is 0. The van der Waals surface area contributed by atoms with Crippen molar-refractivity contribution < 1.29 is 4.39 Å². The summed E-state index contributed by atoms with van der Waals surface area (Å²) in [5.41, 5.74) is 9.22. The first-order chi connectivity index (χ1) is 8.15. The fraction of sp³-hybridized carbons (Fsp3) is 0.100. The number of hydrogen-bond acceptors (Lipinski definition) is 4. The van der Waals surface area contributed by atoms with Gasteiger partial charge in [0.25, 0.3) is 0 Å². The van der Waals surface area contributed by atoms with Crippen LogP contribution in [-0.2, 0) is 0 Å². The average Bonchev–Trinajstić information content (AvgIpc) is 2.72. The van der Waals surface area contributed by atoms with Gasteiger partial charge in [-0.25, -0.2) is 9.82 Å². The average molecular weight is 300 g/mol. The fourth-order valence-corrected chi connectivity index (χ4v) is 2.01. The summed E-state index contributed by atoms with van der Waals surface area (Å²) in [4.78, 5) is 0. The van der Waals surface area contributed by atoms with E-state index in [1.165, 1.54) is 6.20 Å². The maximum atomic E-state index is 13.9. The van der Waals surface area contributed by atoms with Gasteiger partial charge in [-0.05, 0) is 22.0 Å². The molecular formula is C10H11BrFN5. The molecule has 0 aliphatic rings. The van der Waals surface area contributed by atoms with Gasteiger partial charge in [0, 0.05) is 11.1 Å². The van der Waals surface area contributed by atoms with Crippen LogP contribution in [-0.4, -0.2) is 10.2 Å². The van der Waals surface area contributed by atoms with Crippen LogP contribution < -0.4 is 17.0 Å². The van der Waals surface area contributed by atoms with Crippen LogP contribution in [0.5, 0.6) is 0 Å². The maximum absolute atomic E-state index is 13.9. The molecule has 17 heavy (non-hydrogen) atoms. The first-order valence-corrected chi connectivity index (χ1v) is 5.63. The number of nitrogens with one attached hydrogen (secondary N) is 2. The number of rotatable bonds is 3. The quantitative estimate of drug-likeness (QED) is 0.510. The molecule has 0 radical (unpaired) electrons. The highest BCUT2D eigenvalue weighted by atomic mass is 79.9. The lowest BCUT2D eigenvalue weighted by molar-refractivity contribution is 0.556. The summed E-state index contributed by atoms with van der Waals surface area (Å²) in [6.45, 7) is 0. The Morgan fingerprint density at radius 3 is 2.76 bits per heavy atom. The third kappa shape index (κ3) is 2.17. The molecule has 0 bridgehead atoms. The minimum Gasteiger partial charge on any atom is -0.384 e. The molecule has 1 unspecified atom stereocenters. The topological polar surface area (TPSA) is 92.7 Å². The van der Waals surface area contributed by atoms with E-state index in [1.54, 1.807) is 18.2 Å². The van der Waals surface area contributed by atoms with Crippen molar-refractivity contribution >= 4 is 21.7 Å². The zero-order chi connectivity index (χ0) is 12.4. The van der Waals surface area contributed by atoms with E-state index in [-0.39, 0.29) is 5.82 Å². The fourth-order valence-electron chi connectivity index (χ4n) is 1.63. The van der Waals surface area contributed by atoms with E-state index in [2.05, 4.69) is 31.6 Å². The van der Waals surface area contributed by atoms with E-state index in [0.29, 0.717) is 21.4 Å².